The number of rotatable bonds is 8. The van der Waals surface area contributed by atoms with Crippen LogP contribution in [0.5, 0.6) is 11.5 Å². The first kappa shape index (κ1) is 26.9. The number of nitrogens with zero attached hydrogens (tertiary/aromatic N) is 1. The van der Waals surface area contributed by atoms with Gasteiger partial charge in [0.2, 0.25) is 0 Å². The van der Waals surface area contributed by atoms with Gasteiger partial charge in [-0.3, -0.25) is 0 Å². The van der Waals surface area contributed by atoms with E-state index in [1.807, 2.05) is 18.9 Å². The molecule has 0 unspecified atom stereocenters. The Balaban J connectivity index is 1.62. The minimum atomic E-state index is -2.43. The molecule has 4 rings (SSSR count). The number of carbonyl (C=O) groups excluding carboxylic acids is 2. The number of aliphatic hydroxyl groups is 3. The number of aliphatic hydroxyl groups excluding tert-OH is 2. The standard InChI is InChI=1S/C25H31NO11/c1-5-26(4)15-10-12-6-7-13(27)19-16(12)24(3)20(37-19)14(8-9-25(15,24)34)36-22(32)11(2)35-23(33)18(29)17(28)21(30)31/h6-8,11,15,17-18,20,27-29,34H,5,9-10H2,1-4H3,(H,30,31)/t11-,15+,17+,18+,20-,24-,25+/m0/s1. The van der Waals surface area contributed by atoms with Gasteiger partial charge in [0.25, 0.3) is 0 Å². The highest BCUT2D eigenvalue weighted by Crippen LogP contribution is 2.62. The van der Waals surface area contributed by atoms with Crippen molar-refractivity contribution in [2.24, 2.45) is 0 Å². The van der Waals surface area contributed by atoms with Gasteiger partial charge in [0, 0.05) is 18.0 Å². The van der Waals surface area contributed by atoms with E-state index in [0.717, 1.165) is 12.5 Å². The van der Waals surface area contributed by atoms with Gasteiger partial charge in [0.1, 0.15) is 5.76 Å². The van der Waals surface area contributed by atoms with Crippen LogP contribution in [0.25, 0.3) is 0 Å². The fourth-order valence-corrected chi connectivity index (χ4v) is 5.65. The van der Waals surface area contributed by atoms with Crippen LogP contribution in [0, 0.1) is 0 Å². The van der Waals surface area contributed by atoms with E-state index in [9.17, 15) is 34.8 Å². The molecule has 37 heavy (non-hydrogen) atoms. The third-order valence-corrected chi connectivity index (χ3v) is 7.91. The number of phenols is 1. The molecule has 1 aromatic rings. The molecule has 12 nitrogen and oxygen atoms in total. The van der Waals surface area contributed by atoms with Gasteiger partial charge in [0.05, 0.1) is 11.0 Å². The average molecular weight is 522 g/mol. The molecule has 0 spiro atoms. The summed E-state index contributed by atoms with van der Waals surface area (Å²) in [5.74, 6) is -4.27. The van der Waals surface area contributed by atoms with Crippen molar-refractivity contribution in [3.8, 4) is 11.5 Å². The minimum Gasteiger partial charge on any atom is -0.504 e. The highest BCUT2D eigenvalue weighted by Gasteiger charge is 2.68. The van der Waals surface area contributed by atoms with E-state index >= 15 is 0 Å². The molecule has 3 aliphatic rings. The summed E-state index contributed by atoms with van der Waals surface area (Å²) in [4.78, 5) is 37.6. The van der Waals surface area contributed by atoms with Crippen LogP contribution in [0.3, 0.4) is 0 Å². The minimum absolute atomic E-state index is 0.0487. The van der Waals surface area contributed by atoms with Crippen LogP contribution in [0.4, 0.5) is 0 Å². The van der Waals surface area contributed by atoms with Gasteiger partial charge in [0.15, 0.2) is 35.9 Å². The molecule has 0 saturated heterocycles. The average Bonchev–Trinajstić information content (AvgIpc) is 3.19. The van der Waals surface area contributed by atoms with Gasteiger partial charge in [-0.2, -0.15) is 0 Å². The molecule has 0 saturated carbocycles. The first-order chi connectivity index (χ1) is 17.3. The fraction of sp³-hybridized carbons (Fsp3) is 0.560. The lowest BCUT2D eigenvalue weighted by molar-refractivity contribution is -0.179. The molecule has 0 amide bonds. The van der Waals surface area contributed by atoms with Crippen molar-refractivity contribution < 1.29 is 54.1 Å². The largest absolute Gasteiger partial charge is 0.504 e. The van der Waals surface area contributed by atoms with E-state index in [1.54, 1.807) is 13.0 Å². The van der Waals surface area contributed by atoms with Gasteiger partial charge in [-0.05, 0) is 51.6 Å². The number of carboxylic acids is 1. The second-order valence-corrected chi connectivity index (χ2v) is 9.90. The molecular weight excluding hydrogens is 490 g/mol. The smallest absolute Gasteiger partial charge is 0.352 e. The summed E-state index contributed by atoms with van der Waals surface area (Å²) < 4.78 is 16.4. The molecular formula is C25H31NO11. The summed E-state index contributed by atoms with van der Waals surface area (Å²) in [5.41, 5.74) is -0.893. The first-order valence-corrected chi connectivity index (χ1v) is 11.9. The van der Waals surface area contributed by atoms with E-state index < -0.39 is 53.3 Å². The zero-order valence-corrected chi connectivity index (χ0v) is 20.9. The Hall–Kier alpha value is -3.19. The Labute approximate surface area is 212 Å². The van der Waals surface area contributed by atoms with E-state index in [1.165, 1.54) is 12.1 Å². The van der Waals surface area contributed by atoms with Gasteiger partial charge < -0.3 is 44.6 Å². The fourth-order valence-electron chi connectivity index (χ4n) is 5.65. The second kappa shape index (κ2) is 9.28. The highest BCUT2D eigenvalue weighted by molar-refractivity contribution is 5.86. The van der Waals surface area contributed by atoms with Crippen LogP contribution in [0.1, 0.15) is 38.3 Å². The number of esters is 2. The number of aromatic hydroxyl groups is 1. The van der Waals surface area contributed by atoms with Crippen molar-refractivity contribution in [2.45, 2.75) is 75.1 Å². The summed E-state index contributed by atoms with van der Waals surface area (Å²) in [7, 11) is 1.91. The molecule has 1 heterocycles. The Morgan fingerprint density at radius 1 is 1.22 bits per heavy atom. The normalized spacial score (nSPS) is 29.9. The summed E-state index contributed by atoms with van der Waals surface area (Å²) in [6.45, 7) is 5.61. The third kappa shape index (κ3) is 3.95. The number of carbonyl (C=O) groups is 3. The third-order valence-electron chi connectivity index (χ3n) is 7.91. The first-order valence-electron chi connectivity index (χ1n) is 11.9. The predicted octanol–water partition coefficient (Wildman–Crippen LogP) is -0.413. The number of benzene rings is 1. The van der Waals surface area contributed by atoms with Crippen molar-refractivity contribution in [2.75, 3.05) is 13.6 Å². The Kier molecular flexibility index (Phi) is 6.74. The molecule has 0 fully saturated rings. The highest BCUT2D eigenvalue weighted by atomic mass is 16.6. The zero-order valence-electron chi connectivity index (χ0n) is 20.9. The maximum Gasteiger partial charge on any atom is 0.352 e. The summed E-state index contributed by atoms with van der Waals surface area (Å²) in [6, 6.07) is 3.02. The van der Waals surface area contributed by atoms with Crippen LogP contribution in [-0.2, 0) is 35.7 Å². The maximum absolute atomic E-state index is 12.8. The Morgan fingerprint density at radius 2 is 1.89 bits per heavy atom. The van der Waals surface area contributed by atoms with Crippen LogP contribution in [0.15, 0.2) is 24.0 Å². The number of hydrogen-bond donors (Lipinski definition) is 5. The monoisotopic (exact) mass is 521 g/mol. The molecule has 0 aromatic heterocycles. The molecule has 5 N–H and O–H groups in total. The second-order valence-electron chi connectivity index (χ2n) is 9.90. The topological polar surface area (TPSA) is 183 Å². The predicted molar refractivity (Wildman–Crippen MR) is 125 cm³/mol. The van der Waals surface area contributed by atoms with Crippen molar-refractivity contribution in [3.63, 3.8) is 0 Å². The van der Waals surface area contributed by atoms with Gasteiger partial charge in [-0.25, -0.2) is 14.4 Å². The van der Waals surface area contributed by atoms with Gasteiger partial charge in [-0.15, -0.1) is 0 Å². The summed E-state index contributed by atoms with van der Waals surface area (Å²) in [6.07, 6.45) is -5.24. The molecule has 1 aromatic carbocycles. The van der Waals surface area contributed by atoms with Gasteiger partial charge in [-0.1, -0.05) is 13.0 Å². The van der Waals surface area contributed by atoms with Crippen molar-refractivity contribution in [1.29, 1.82) is 0 Å². The molecule has 2 aliphatic carbocycles. The number of aliphatic carboxylic acids is 1. The number of phenolic OH excluding ortho intramolecular Hbond substituents is 1. The van der Waals surface area contributed by atoms with Gasteiger partial charge >= 0.3 is 17.9 Å². The zero-order chi connectivity index (χ0) is 27.4. The molecule has 0 bridgehead atoms. The van der Waals surface area contributed by atoms with Crippen LogP contribution < -0.4 is 4.74 Å². The molecule has 202 valence electrons. The Bertz CT molecular complexity index is 1170. The maximum atomic E-state index is 12.8. The van der Waals surface area contributed by atoms with E-state index in [0.29, 0.717) is 18.5 Å². The van der Waals surface area contributed by atoms with Crippen molar-refractivity contribution in [3.05, 3.63) is 35.1 Å². The summed E-state index contributed by atoms with van der Waals surface area (Å²) >= 11 is 0. The summed E-state index contributed by atoms with van der Waals surface area (Å²) in [5, 5.41) is 50.4. The van der Waals surface area contributed by atoms with Crippen molar-refractivity contribution >= 4 is 17.9 Å². The van der Waals surface area contributed by atoms with Crippen LogP contribution in [0.2, 0.25) is 0 Å². The number of likely N-dealkylation sites (N-methyl/N-ethyl adjacent to an activating group) is 1. The van der Waals surface area contributed by atoms with E-state index in [2.05, 4.69) is 0 Å². The molecule has 12 heteroatoms. The molecule has 7 atom stereocenters. The molecule has 0 radical (unpaired) electrons. The number of ether oxygens (including phenoxy) is 3. The number of carboxylic acid groups (broad SMARTS) is 1. The van der Waals surface area contributed by atoms with Crippen LogP contribution in [-0.4, -0.2) is 98.0 Å². The van der Waals surface area contributed by atoms with Crippen molar-refractivity contribution in [1.82, 2.24) is 4.90 Å². The molecule has 1 aliphatic heterocycles. The number of hydrogen-bond acceptors (Lipinski definition) is 11. The van der Waals surface area contributed by atoms with Crippen LogP contribution >= 0.6 is 0 Å². The lowest BCUT2D eigenvalue weighted by atomic mass is 9.54. The van der Waals surface area contributed by atoms with E-state index in [4.69, 9.17) is 19.3 Å². The quantitative estimate of drug-likeness (QED) is 0.279. The lowest BCUT2D eigenvalue weighted by Gasteiger charge is -2.56. The SMILES string of the molecule is CCN(C)[C@@H]1Cc2ccc(O)c3c2[C@@]2(C)[C@@H](O3)C(OC(=O)[C@H](C)OC(=O)[C@H](O)[C@@H](O)C(=O)O)=CC[C@@]12O. The van der Waals surface area contributed by atoms with E-state index in [-0.39, 0.29) is 29.7 Å². The lowest BCUT2D eigenvalue weighted by Crippen LogP contribution is -2.69. The Morgan fingerprint density at radius 3 is 2.51 bits per heavy atom.